The van der Waals surface area contributed by atoms with E-state index in [4.69, 9.17) is 19.6 Å². The lowest BCUT2D eigenvalue weighted by atomic mass is 10.1. The molecule has 0 aliphatic carbocycles. The maximum absolute atomic E-state index is 12.9. The molecule has 2 aromatic rings. The van der Waals surface area contributed by atoms with Gasteiger partial charge in [0.15, 0.2) is 0 Å². The maximum atomic E-state index is 12.9. The molecule has 3 rings (SSSR count). The molecule has 1 aliphatic rings. The number of aryl methyl sites for hydroxylation is 2. The highest BCUT2D eigenvalue weighted by molar-refractivity contribution is 6.11. The van der Waals surface area contributed by atoms with Gasteiger partial charge in [0.1, 0.15) is 22.6 Å². The molecule has 1 aliphatic heterocycles. The number of benzene rings is 1. The van der Waals surface area contributed by atoms with Crippen LogP contribution in [0.5, 0.6) is 5.75 Å². The summed E-state index contributed by atoms with van der Waals surface area (Å²) in [5.74, 6) is -2.88. The van der Waals surface area contributed by atoms with E-state index in [1.54, 1.807) is 13.0 Å². The Balaban J connectivity index is 1.84. The van der Waals surface area contributed by atoms with Gasteiger partial charge in [-0.25, -0.2) is 4.79 Å². The summed E-state index contributed by atoms with van der Waals surface area (Å²) in [5, 5.41) is 2.50. The summed E-state index contributed by atoms with van der Waals surface area (Å²) in [4.78, 5) is 51.2. The molecule has 0 radical (unpaired) electrons. The summed E-state index contributed by atoms with van der Waals surface area (Å²) < 4.78 is 15.7. The Morgan fingerprint density at radius 3 is 2.59 bits per heavy atom. The van der Waals surface area contributed by atoms with Crippen LogP contribution in [0.3, 0.4) is 0 Å². The number of nitrogens with zero attached hydrogens (tertiary/aromatic N) is 1. The lowest BCUT2D eigenvalue weighted by Crippen LogP contribution is -2.29. The largest absolute Gasteiger partial charge is 0.495 e. The summed E-state index contributed by atoms with van der Waals surface area (Å²) in [6.07, 6.45) is -0.0424. The van der Waals surface area contributed by atoms with Crippen LogP contribution in [0, 0.1) is 19.8 Å². The van der Waals surface area contributed by atoms with E-state index in [0.29, 0.717) is 11.4 Å². The Labute approximate surface area is 184 Å². The molecule has 1 aromatic heterocycles. The number of rotatable bonds is 7. The van der Waals surface area contributed by atoms with E-state index in [0.717, 1.165) is 5.56 Å². The lowest BCUT2D eigenvalue weighted by Gasteiger charge is -2.20. The molecule has 10 heteroatoms. The molecule has 2 heterocycles. The van der Waals surface area contributed by atoms with Gasteiger partial charge in [0, 0.05) is 13.0 Å². The monoisotopic (exact) mass is 443 g/mol. The minimum atomic E-state index is -0.950. The molecule has 170 valence electrons. The number of carbonyl (C=O) groups excluding carboxylic acids is 4. The fourth-order valence-corrected chi connectivity index (χ4v) is 3.66. The van der Waals surface area contributed by atoms with Gasteiger partial charge in [-0.3, -0.25) is 19.7 Å². The van der Waals surface area contributed by atoms with Crippen LogP contribution in [0.2, 0.25) is 0 Å². The topological polar surface area (TPSA) is 141 Å². The molecule has 3 amide bonds. The number of methoxy groups -OCH3 is 1. The number of amides is 3. The number of carbonyl (C=O) groups is 4. The van der Waals surface area contributed by atoms with Gasteiger partial charge in [-0.2, -0.15) is 0 Å². The zero-order valence-electron chi connectivity index (χ0n) is 18.3. The van der Waals surface area contributed by atoms with E-state index < -0.39 is 23.7 Å². The molecule has 1 atom stereocenters. The number of nitrogens with one attached hydrogen (secondary N) is 1. The van der Waals surface area contributed by atoms with Crippen molar-refractivity contribution in [2.24, 2.45) is 11.7 Å². The van der Waals surface area contributed by atoms with Crippen LogP contribution in [0.15, 0.2) is 22.6 Å². The molecule has 1 saturated heterocycles. The summed E-state index contributed by atoms with van der Waals surface area (Å²) in [7, 11) is 1.50. The summed E-state index contributed by atoms with van der Waals surface area (Å²) in [5.41, 5.74) is 6.53. The Kier molecular flexibility index (Phi) is 6.52. The van der Waals surface area contributed by atoms with Gasteiger partial charge in [0.05, 0.1) is 25.3 Å². The molecular weight excluding hydrogens is 418 g/mol. The van der Waals surface area contributed by atoms with Crippen LogP contribution in [0.25, 0.3) is 0 Å². The van der Waals surface area contributed by atoms with Crippen molar-refractivity contribution in [1.82, 2.24) is 0 Å². The highest BCUT2D eigenvalue weighted by atomic mass is 16.5. The molecular formula is C22H25N3O7. The average molecular weight is 443 g/mol. The Morgan fingerprint density at radius 2 is 1.97 bits per heavy atom. The maximum Gasteiger partial charge on any atom is 0.342 e. The molecule has 1 fully saturated rings. The number of nitrogens with two attached hydrogens (primary N) is 1. The normalized spacial score (nSPS) is 15.6. The van der Waals surface area contributed by atoms with Gasteiger partial charge in [-0.1, -0.05) is 6.07 Å². The van der Waals surface area contributed by atoms with Crippen LogP contribution >= 0.6 is 0 Å². The number of esters is 1. The fraction of sp³-hybridized carbons (Fsp3) is 0.364. The van der Waals surface area contributed by atoms with Crippen LogP contribution in [-0.2, 0) is 14.3 Å². The molecule has 0 spiro atoms. The van der Waals surface area contributed by atoms with Crippen LogP contribution in [-0.4, -0.2) is 44.0 Å². The average Bonchev–Trinajstić information content (AvgIpc) is 3.27. The number of furan rings is 1. The van der Waals surface area contributed by atoms with E-state index in [1.807, 2.05) is 19.1 Å². The molecule has 0 saturated carbocycles. The highest BCUT2D eigenvalue weighted by Crippen LogP contribution is 2.35. The van der Waals surface area contributed by atoms with Crippen molar-refractivity contribution < 1.29 is 33.1 Å². The van der Waals surface area contributed by atoms with E-state index >= 15 is 0 Å². The first-order chi connectivity index (χ1) is 15.2. The van der Waals surface area contributed by atoms with Gasteiger partial charge in [-0.15, -0.1) is 0 Å². The molecule has 1 aromatic carbocycles. The van der Waals surface area contributed by atoms with Crippen molar-refractivity contribution in [2.75, 3.05) is 30.5 Å². The molecule has 32 heavy (non-hydrogen) atoms. The van der Waals surface area contributed by atoms with Gasteiger partial charge in [0.25, 0.3) is 5.91 Å². The Morgan fingerprint density at radius 1 is 1.25 bits per heavy atom. The third kappa shape index (κ3) is 4.29. The molecule has 3 N–H and O–H groups in total. The Bertz CT molecular complexity index is 1090. The first-order valence-corrected chi connectivity index (χ1v) is 10.0. The van der Waals surface area contributed by atoms with Gasteiger partial charge < -0.3 is 24.5 Å². The van der Waals surface area contributed by atoms with Crippen molar-refractivity contribution in [1.29, 1.82) is 0 Å². The summed E-state index contributed by atoms with van der Waals surface area (Å²) in [6.45, 7) is 5.16. The van der Waals surface area contributed by atoms with E-state index in [-0.39, 0.29) is 48.3 Å². The smallest absolute Gasteiger partial charge is 0.342 e. The van der Waals surface area contributed by atoms with Crippen molar-refractivity contribution >= 4 is 35.3 Å². The third-order valence-corrected chi connectivity index (χ3v) is 5.17. The van der Waals surface area contributed by atoms with E-state index in [9.17, 15) is 19.2 Å². The number of hydrogen-bond acceptors (Lipinski definition) is 7. The predicted octanol–water partition coefficient (Wildman–Crippen LogP) is 2.17. The summed E-state index contributed by atoms with van der Waals surface area (Å²) in [6, 6.07) is 5.43. The minimum absolute atomic E-state index is 0.0424. The van der Waals surface area contributed by atoms with Gasteiger partial charge in [-0.05, 0) is 38.5 Å². The summed E-state index contributed by atoms with van der Waals surface area (Å²) >= 11 is 0. The second-order valence-corrected chi connectivity index (χ2v) is 7.39. The zero-order valence-corrected chi connectivity index (χ0v) is 18.3. The second-order valence-electron chi connectivity index (χ2n) is 7.39. The molecule has 0 bridgehead atoms. The zero-order chi connectivity index (χ0) is 23.6. The van der Waals surface area contributed by atoms with Crippen LogP contribution in [0.4, 0.5) is 11.6 Å². The van der Waals surface area contributed by atoms with Gasteiger partial charge in [0.2, 0.25) is 17.7 Å². The first-order valence-electron chi connectivity index (χ1n) is 10.0. The first kappa shape index (κ1) is 22.9. The standard InChI is InChI=1S/C22H25N3O7/c1-5-31-22(29)17-12(3)32-21(18(17)19(23)27)24-20(28)13-9-16(26)25(10-13)14-8-11(2)6-7-15(14)30-4/h6-8,13H,5,9-10H2,1-4H3,(H2,23,27)(H,24,28). The quantitative estimate of drug-likeness (QED) is 0.625. The predicted molar refractivity (Wildman–Crippen MR) is 115 cm³/mol. The molecule has 1 unspecified atom stereocenters. The fourth-order valence-electron chi connectivity index (χ4n) is 3.66. The number of anilines is 2. The van der Waals surface area contributed by atoms with Crippen LogP contribution < -0.4 is 20.7 Å². The van der Waals surface area contributed by atoms with Crippen molar-refractivity contribution in [3.05, 3.63) is 40.6 Å². The van der Waals surface area contributed by atoms with Gasteiger partial charge >= 0.3 is 5.97 Å². The van der Waals surface area contributed by atoms with Crippen LogP contribution in [0.1, 0.15) is 45.4 Å². The number of primary amides is 1. The highest BCUT2D eigenvalue weighted by Gasteiger charge is 2.38. The van der Waals surface area contributed by atoms with Crippen molar-refractivity contribution in [2.45, 2.75) is 27.2 Å². The van der Waals surface area contributed by atoms with E-state index in [1.165, 1.54) is 18.9 Å². The third-order valence-electron chi connectivity index (χ3n) is 5.17. The number of ether oxygens (including phenoxy) is 2. The molecule has 10 nitrogen and oxygen atoms in total. The lowest BCUT2D eigenvalue weighted by molar-refractivity contribution is -0.122. The SMILES string of the molecule is CCOC(=O)c1c(C)oc(NC(=O)C2CC(=O)N(c3cc(C)ccc3OC)C2)c1C(N)=O. The van der Waals surface area contributed by atoms with E-state index in [2.05, 4.69) is 5.32 Å². The second kappa shape index (κ2) is 9.13. The van der Waals surface area contributed by atoms with Crippen molar-refractivity contribution in [3.63, 3.8) is 0 Å². The number of hydrogen-bond donors (Lipinski definition) is 2. The Hall–Kier alpha value is -3.82. The minimum Gasteiger partial charge on any atom is -0.495 e. The van der Waals surface area contributed by atoms with Crippen molar-refractivity contribution in [3.8, 4) is 5.75 Å².